The lowest BCUT2D eigenvalue weighted by molar-refractivity contribution is -0.141. The number of Topliss-reactive ketones (excluding diaryl/α,β-unsaturated/α-hetero) is 1. The number of nitrogens with zero attached hydrogens (tertiary/aromatic N) is 1. The summed E-state index contributed by atoms with van der Waals surface area (Å²) in [7, 11) is 2.96. The molecule has 1 heterocycles. The van der Waals surface area contributed by atoms with E-state index < -0.39 is 18.5 Å². The van der Waals surface area contributed by atoms with E-state index in [0.717, 1.165) is 17.1 Å². The zero-order chi connectivity index (χ0) is 24.0. The molecule has 0 bridgehead atoms. The van der Waals surface area contributed by atoms with E-state index in [1.54, 1.807) is 18.2 Å². The Hall–Kier alpha value is -4.07. The number of benzene rings is 2. The first-order valence-electron chi connectivity index (χ1n) is 10.3. The molecule has 3 aromatic rings. The molecule has 172 valence electrons. The van der Waals surface area contributed by atoms with Gasteiger partial charge in [-0.05, 0) is 50.2 Å². The summed E-state index contributed by atoms with van der Waals surface area (Å²) in [5, 5.41) is 2.47. The fourth-order valence-electron chi connectivity index (χ4n) is 3.53. The molecule has 0 saturated heterocycles. The number of carbonyl (C=O) groups is 3. The lowest BCUT2D eigenvalue weighted by atomic mass is 10.1. The summed E-state index contributed by atoms with van der Waals surface area (Å²) < 4.78 is 17.4. The van der Waals surface area contributed by atoms with Crippen molar-refractivity contribution in [1.82, 2.24) is 9.88 Å². The minimum atomic E-state index is -0.714. The molecule has 8 nitrogen and oxygen atoms in total. The third kappa shape index (κ3) is 5.41. The predicted molar refractivity (Wildman–Crippen MR) is 122 cm³/mol. The van der Waals surface area contributed by atoms with Gasteiger partial charge in [-0.3, -0.25) is 14.4 Å². The Morgan fingerprint density at radius 3 is 2.27 bits per heavy atom. The molecule has 33 heavy (non-hydrogen) atoms. The van der Waals surface area contributed by atoms with E-state index in [9.17, 15) is 14.4 Å². The van der Waals surface area contributed by atoms with Crippen LogP contribution in [-0.2, 0) is 9.53 Å². The molecule has 0 aliphatic rings. The summed E-state index contributed by atoms with van der Waals surface area (Å²) in [5.41, 5.74) is 3.39. The van der Waals surface area contributed by atoms with Crippen molar-refractivity contribution in [2.75, 3.05) is 27.4 Å². The van der Waals surface area contributed by atoms with Crippen LogP contribution < -0.4 is 14.8 Å². The lowest BCUT2D eigenvalue weighted by Gasteiger charge is -2.10. The smallest absolute Gasteiger partial charge is 0.325 e. The van der Waals surface area contributed by atoms with Gasteiger partial charge in [-0.1, -0.05) is 18.2 Å². The fraction of sp³-hybridized carbons (Fsp3) is 0.240. The Kier molecular flexibility index (Phi) is 7.50. The van der Waals surface area contributed by atoms with Crippen LogP contribution in [0.1, 0.15) is 32.1 Å². The van der Waals surface area contributed by atoms with Crippen LogP contribution >= 0.6 is 0 Å². The van der Waals surface area contributed by atoms with Gasteiger partial charge in [0.1, 0.15) is 6.54 Å². The Morgan fingerprint density at radius 2 is 1.61 bits per heavy atom. The van der Waals surface area contributed by atoms with E-state index in [4.69, 9.17) is 14.2 Å². The minimum absolute atomic E-state index is 0.296. The summed E-state index contributed by atoms with van der Waals surface area (Å²) in [6.45, 7) is 2.97. The molecule has 0 atom stereocenters. The number of esters is 1. The maximum atomic E-state index is 12.7. The minimum Gasteiger partial charge on any atom is -0.493 e. The van der Waals surface area contributed by atoms with Gasteiger partial charge in [0, 0.05) is 28.2 Å². The number of nitrogens with one attached hydrogen (secondary N) is 1. The molecule has 0 aliphatic heterocycles. The van der Waals surface area contributed by atoms with E-state index in [1.165, 1.54) is 20.3 Å². The Morgan fingerprint density at radius 1 is 0.909 bits per heavy atom. The van der Waals surface area contributed by atoms with Crippen molar-refractivity contribution in [3.8, 4) is 17.2 Å². The molecule has 1 N–H and O–H groups in total. The average Bonchev–Trinajstić information content (AvgIpc) is 3.14. The maximum Gasteiger partial charge on any atom is 0.325 e. The van der Waals surface area contributed by atoms with Crippen LogP contribution in [0.25, 0.3) is 5.69 Å². The number of para-hydroxylation sites is 1. The van der Waals surface area contributed by atoms with Gasteiger partial charge in [0.2, 0.25) is 5.78 Å². The second-order valence-electron chi connectivity index (χ2n) is 7.29. The van der Waals surface area contributed by atoms with Crippen molar-refractivity contribution in [3.05, 3.63) is 77.1 Å². The van der Waals surface area contributed by atoms with Gasteiger partial charge < -0.3 is 24.1 Å². The van der Waals surface area contributed by atoms with E-state index in [-0.39, 0.29) is 12.3 Å². The molecule has 1 amide bonds. The van der Waals surface area contributed by atoms with Gasteiger partial charge in [-0.15, -0.1) is 0 Å². The van der Waals surface area contributed by atoms with Crippen LogP contribution in [0.5, 0.6) is 11.5 Å². The van der Waals surface area contributed by atoms with Gasteiger partial charge in [0.15, 0.2) is 18.1 Å². The molecule has 0 radical (unpaired) electrons. The molecule has 0 fully saturated rings. The molecule has 1 aromatic heterocycles. The largest absolute Gasteiger partial charge is 0.493 e. The van der Waals surface area contributed by atoms with Crippen molar-refractivity contribution in [3.63, 3.8) is 0 Å². The van der Waals surface area contributed by atoms with Crippen molar-refractivity contribution in [1.29, 1.82) is 0 Å². The zero-order valence-corrected chi connectivity index (χ0v) is 19.0. The van der Waals surface area contributed by atoms with Crippen molar-refractivity contribution in [2.45, 2.75) is 13.8 Å². The molecular formula is C25H26N2O6. The molecule has 0 spiro atoms. The SMILES string of the molecule is COc1ccc(C(=O)NCC(=O)OCC(=O)c2cc(C)n(-c3ccccc3)c2C)cc1OC. The van der Waals surface area contributed by atoms with E-state index in [2.05, 4.69) is 5.32 Å². The van der Waals surface area contributed by atoms with Crippen LogP contribution in [-0.4, -0.2) is 49.6 Å². The monoisotopic (exact) mass is 450 g/mol. The number of hydrogen-bond acceptors (Lipinski definition) is 6. The first kappa shape index (κ1) is 23.6. The number of rotatable bonds is 9. The van der Waals surface area contributed by atoms with Gasteiger partial charge in [-0.2, -0.15) is 0 Å². The third-order valence-electron chi connectivity index (χ3n) is 5.15. The number of aromatic nitrogens is 1. The van der Waals surface area contributed by atoms with Gasteiger partial charge in [0.05, 0.1) is 14.2 Å². The molecule has 0 saturated carbocycles. The summed E-state index contributed by atoms with van der Waals surface area (Å²) in [5.74, 6) is -0.630. The van der Waals surface area contributed by atoms with Crippen LogP contribution in [0.4, 0.5) is 0 Å². The second-order valence-corrected chi connectivity index (χ2v) is 7.29. The number of carbonyl (C=O) groups excluding carboxylic acids is 3. The summed E-state index contributed by atoms with van der Waals surface area (Å²) in [6, 6.07) is 16.1. The normalized spacial score (nSPS) is 10.4. The first-order chi connectivity index (χ1) is 15.8. The van der Waals surface area contributed by atoms with E-state index in [0.29, 0.717) is 22.6 Å². The Balaban J connectivity index is 1.56. The molecule has 2 aromatic carbocycles. The van der Waals surface area contributed by atoms with Crippen molar-refractivity contribution < 1.29 is 28.6 Å². The number of aryl methyl sites for hydroxylation is 1. The molecule has 0 unspecified atom stereocenters. The van der Waals surface area contributed by atoms with Crippen molar-refractivity contribution in [2.24, 2.45) is 0 Å². The van der Waals surface area contributed by atoms with E-state index in [1.807, 2.05) is 48.7 Å². The number of ether oxygens (including phenoxy) is 3. The Bertz CT molecular complexity index is 1170. The fourth-order valence-corrected chi connectivity index (χ4v) is 3.53. The molecule has 3 rings (SSSR count). The van der Waals surface area contributed by atoms with Gasteiger partial charge in [-0.25, -0.2) is 0 Å². The number of methoxy groups -OCH3 is 2. The van der Waals surface area contributed by atoms with Crippen molar-refractivity contribution >= 4 is 17.7 Å². The van der Waals surface area contributed by atoms with Crippen LogP contribution in [0.2, 0.25) is 0 Å². The van der Waals surface area contributed by atoms with Crippen LogP contribution in [0, 0.1) is 13.8 Å². The zero-order valence-electron chi connectivity index (χ0n) is 19.0. The second kappa shape index (κ2) is 10.5. The molecular weight excluding hydrogens is 424 g/mol. The predicted octanol–water partition coefficient (Wildman–Crippen LogP) is 3.27. The highest BCUT2D eigenvalue weighted by atomic mass is 16.5. The quantitative estimate of drug-likeness (QED) is 0.397. The summed E-state index contributed by atoms with van der Waals surface area (Å²) in [4.78, 5) is 37.0. The lowest BCUT2D eigenvalue weighted by Crippen LogP contribution is -2.31. The number of ketones is 1. The highest BCUT2D eigenvalue weighted by Gasteiger charge is 2.19. The summed E-state index contributed by atoms with van der Waals surface area (Å²) in [6.07, 6.45) is 0. The molecule has 8 heteroatoms. The van der Waals surface area contributed by atoms with E-state index >= 15 is 0 Å². The maximum absolute atomic E-state index is 12.7. The number of amides is 1. The van der Waals surface area contributed by atoms with Gasteiger partial charge >= 0.3 is 5.97 Å². The van der Waals surface area contributed by atoms with Gasteiger partial charge in [0.25, 0.3) is 5.91 Å². The topological polar surface area (TPSA) is 95.9 Å². The summed E-state index contributed by atoms with van der Waals surface area (Å²) >= 11 is 0. The van der Waals surface area contributed by atoms with Crippen LogP contribution in [0.3, 0.4) is 0 Å². The highest BCUT2D eigenvalue weighted by molar-refractivity contribution is 6.00. The third-order valence-corrected chi connectivity index (χ3v) is 5.15. The standard InChI is InChI=1S/C25H26N2O6/c1-16-12-20(17(2)27(16)19-8-6-5-7-9-19)21(28)15-33-24(29)14-26-25(30)18-10-11-22(31-3)23(13-18)32-4/h5-13H,14-15H2,1-4H3,(H,26,30). The van der Waals surface area contributed by atoms with Crippen LogP contribution in [0.15, 0.2) is 54.6 Å². The Labute approximate surface area is 192 Å². The average molecular weight is 450 g/mol. The highest BCUT2D eigenvalue weighted by Crippen LogP contribution is 2.27. The first-order valence-corrected chi connectivity index (χ1v) is 10.3. The molecule has 0 aliphatic carbocycles. The number of hydrogen-bond donors (Lipinski definition) is 1.